The van der Waals surface area contributed by atoms with Crippen LogP contribution in [0.3, 0.4) is 0 Å². The van der Waals surface area contributed by atoms with Gasteiger partial charge in [0, 0.05) is 31.3 Å². The maximum absolute atomic E-state index is 12.0. The highest BCUT2D eigenvalue weighted by atomic mass is 16.6. The quantitative estimate of drug-likeness (QED) is 0.761. The number of carbonyl (C=O) groups excluding carboxylic acids is 1. The van der Waals surface area contributed by atoms with Gasteiger partial charge < -0.3 is 24.8 Å². The number of rotatable bonds is 8. The van der Waals surface area contributed by atoms with Gasteiger partial charge in [-0.1, -0.05) is 12.1 Å². The maximum Gasteiger partial charge on any atom is 0.221 e. The van der Waals surface area contributed by atoms with E-state index >= 15 is 0 Å². The molecule has 0 radical (unpaired) electrons. The number of benzene rings is 2. The molecule has 6 nitrogen and oxygen atoms in total. The van der Waals surface area contributed by atoms with Crippen molar-refractivity contribution in [3.63, 3.8) is 0 Å². The first-order valence-corrected chi connectivity index (χ1v) is 8.78. The molecular weight excluding hydrogens is 332 g/mol. The Bertz CT molecular complexity index is 748. The highest BCUT2D eigenvalue weighted by molar-refractivity contribution is 5.76. The highest BCUT2D eigenvalue weighted by Gasteiger charge is 2.11. The molecule has 0 fully saturated rings. The second-order valence-electron chi connectivity index (χ2n) is 5.99. The third-order valence-electron chi connectivity index (χ3n) is 4.09. The molecule has 0 atom stereocenters. The number of hydrogen-bond acceptors (Lipinski definition) is 5. The average Bonchev–Trinajstić information content (AvgIpc) is 2.68. The van der Waals surface area contributed by atoms with Crippen molar-refractivity contribution in [2.75, 3.05) is 38.7 Å². The fraction of sp³-hybridized carbons (Fsp3) is 0.350. The van der Waals surface area contributed by atoms with E-state index in [0.717, 1.165) is 34.9 Å². The molecule has 1 aliphatic heterocycles. The predicted molar refractivity (Wildman–Crippen MR) is 100 cm³/mol. The van der Waals surface area contributed by atoms with Gasteiger partial charge in [-0.05, 0) is 36.2 Å². The van der Waals surface area contributed by atoms with Crippen LogP contribution in [0.5, 0.6) is 17.2 Å². The van der Waals surface area contributed by atoms with Crippen LogP contribution in [0.2, 0.25) is 0 Å². The highest BCUT2D eigenvalue weighted by Crippen LogP contribution is 2.32. The second kappa shape index (κ2) is 8.99. The molecule has 26 heavy (non-hydrogen) atoms. The minimum Gasteiger partial charge on any atom is -0.497 e. The maximum atomic E-state index is 12.0. The zero-order valence-electron chi connectivity index (χ0n) is 14.9. The van der Waals surface area contributed by atoms with Gasteiger partial charge in [-0.15, -0.1) is 0 Å². The molecule has 0 unspecified atom stereocenters. The van der Waals surface area contributed by atoms with Crippen LogP contribution in [-0.4, -0.2) is 39.3 Å². The normalized spacial score (nSPS) is 12.3. The van der Waals surface area contributed by atoms with E-state index < -0.39 is 0 Å². The fourth-order valence-corrected chi connectivity index (χ4v) is 2.74. The van der Waals surface area contributed by atoms with Crippen LogP contribution >= 0.6 is 0 Å². The summed E-state index contributed by atoms with van der Waals surface area (Å²) in [5, 5.41) is 6.18. The van der Waals surface area contributed by atoms with E-state index in [1.165, 1.54) is 0 Å². The molecule has 1 aliphatic rings. The Hall–Kier alpha value is -2.89. The van der Waals surface area contributed by atoms with E-state index in [2.05, 4.69) is 10.6 Å². The van der Waals surface area contributed by atoms with Crippen molar-refractivity contribution >= 4 is 11.6 Å². The topological polar surface area (TPSA) is 68.8 Å². The van der Waals surface area contributed by atoms with Crippen molar-refractivity contribution in [2.24, 2.45) is 0 Å². The Morgan fingerprint density at radius 1 is 1.08 bits per heavy atom. The van der Waals surface area contributed by atoms with E-state index in [0.29, 0.717) is 32.7 Å². The molecule has 0 saturated carbocycles. The SMILES string of the molecule is COc1cccc(CCNC(=O)CCNc2ccc3c(c2)OCCO3)c1. The summed E-state index contributed by atoms with van der Waals surface area (Å²) in [7, 11) is 1.65. The lowest BCUT2D eigenvalue weighted by atomic mass is 10.1. The first-order chi connectivity index (χ1) is 12.7. The third-order valence-corrected chi connectivity index (χ3v) is 4.09. The fourth-order valence-electron chi connectivity index (χ4n) is 2.74. The van der Waals surface area contributed by atoms with Gasteiger partial charge in [-0.25, -0.2) is 0 Å². The Morgan fingerprint density at radius 2 is 1.92 bits per heavy atom. The van der Waals surface area contributed by atoms with E-state index in [1.807, 2.05) is 42.5 Å². The molecule has 0 aromatic heterocycles. The molecule has 2 aromatic rings. The molecule has 0 saturated heterocycles. The van der Waals surface area contributed by atoms with Gasteiger partial charge in [0.2, 0.25) is 5.91 Å². The van der Waals surface area contributed by atoms with Crippen LogP contribution in [0.4, 0.5) is 5.69 Å². The monoisotopic (exact) mass is 356 g/mol. The minimum atomic E-state index is 0.0259. The molecule has 0 spiro atoms. The zero-order chi connectivity index (χ0) is 18.2. The summed E-state index contributed by atoms with van der Waals surface area (Å²) in [6, 6.07) is 13.6. The van der Waals surface area contributed by atoms with E-state index in [4.69, 9.17) is 14.2 Å². The Balaban J connectivity index is 1.36. The summed E-state index contributed by atoms with van der Waals surface area (Å²) in [6.45, 7) is 2.31. The van der Waals surface area contributed by atoms with Gasteiger partial charge in [0.25, 0.3) is 0 Å². The predicted octanol–water partition coefficient (Wildman–Crippen LogP) is 2.63. The molecule has 3 rings (SSSR count). The van der Waals surface area contributed by atoms with Crippen LogP contribution in [0.1, 0.15) is 12.0 Å². The lowest BCUT2D eigenvalue weighted by Gasteiger charge is -2.19. The summed E-state index contributed by atoms with van der Waals surface area (Å²) in [5.41, 5.74) is 2.05. The summed E-state index contributed by atoms with van der Waals surface area (Å²) >= 11 is 0. The molecule has 1 heterocycles. The molecule has 6 heteroatoms. The molecule has 0 bridgehead atoms. The largest absolute Gasteiger partial charge is 0.497 e. The summed E-state index contributed by atoms with van der Waals surface area (Å²) in [4.78, 5) is 12.0. The molecule has 0 aliphatic carbocycles. The number of nitrogens with one attached hydrogen (secondary N) is 2. The molecular formula is C20H24N2O4. The van der Waals surface area contributed by atoms with Crippen LogP contribution < -0.4 is 24.8 Å². The Kier molecular flexibility index (Phi) is 6.19. The van der Waals surface area contributed by atoms with Crippen molar-refractivity contribution < 1.29 is 19.0 Å². The van der Waals surface area contributed by atoms with Gasteiger partial charge in [0.05, 0.1) is 7.11 Å². The first-order valence-electron chi connectivity index (χ1n) is 8.78. The van der Waals surface area contributed by atoms with Crippen molar-refractivity contribution in [2.45, 2.75) is 12.8 Å². The number of methoxy groups -OCH3 is 1. The first kappa shape index (κ1) is 17.9. The van der Waals surface area contributed by atoms with Crippen LogP contribution in [0, 0.1) is 0 Å². The Labute approximate surface area is 153 Å². The van der Waals surface area contributed by atoms with Crippen LogP contribution in [0.15, 0.2) is 42.5 Å². The van der Waals surface area contributed by atoms with Crippen molar-refractivity contribution in [3.8, 4) is 17.2 Å². The second-order valence-corrected chi connectivity index (χ2v) is 5.99. The summed E-state index contributed by atoms with van der Waals surface area (Å²) in [6.07, 6.45) is 1.19. The molecule has 2 N–H and O–H groups in total. The standard InChI is InChI=1S/C20H24N2O4/c1-24-17-4-2-3-15(13-17)7-9-22-20(23)8-10-21-16-5-6-18-19(14-16)26-12-11-25-18/h2-6,13-14,21H,7-12H2,1H3,(H,22,23). The van der Waals surface area contributed by atoms with Crippen LogP contribution in [-0.2, 0) is 11.2 Å². The van der Waals surface area contributed by atoms with Gasteiger partial charge in [-0.3, -0.25) is 4.79 Å². The number of fused-ring (bicyclic) bond motifs is 1. The molecule has 2 aromatic carbocycles. The van der Waals surface area contributed by atoms with Crippen molar-refractivity contribution in [1.29, 1.82) is 0 Å². The van der Waals surface area contributed by atoms with Crippen molar-refractivity contribution in [3.05, 3.63) is 48.0 Å². The van der Waals surface area contributed by atoms with E-state index in [-0.39, 0.29) is 5.91 Å². The van der Waals surface area contributed by atoms with Gasteiger partial charge in [0.15, 0.2) is 11.5 Å². The number of amides is 1. The third kappa shape index (κ3) is 5.05. The van der Waals surface area contributed by atoms with Crippen LogP contribution in [0.25, 0.3) is 0 Å². The smallest absolute Gasteiger partial charge is 0.221 e. The average molecular weight is 356 g/mol. The number of ether oxygens (including phenoxy) is 3. The number of anilines is 1. The van der Waals surface area contributed by atoms with E-state index in [9.17, 15) is 4.79 Å². The van der Waals surface area contributed by atoms with E-state index in [1.54, 1.807) is 7.11 Å². The summed E-state index contributed by atoms with van der Waals surface area (Å²) < 4.78 is 16.2. The number of carbonyl (C=O) groups is 1. The summed E-state index contributed by atoms with van der Waals surface area (Å²) in [5.74, 6) is 2.36. The Morgan fingerprint density at radius 3 is 2.77 bits per heavy atom. The zero-order valence-corrected chi connectivity index (χ0v) is 14.9. The lowest BCUT2D eigenvalue weighted by molar-refractivity contribution is -0.120. The van der Waals surface area contributed by atoms with Gasteiger partial charge in [-0.2, -0.15) is 0 Å². The number of hydrogen-bond donors (Lipinski definition) is 2. The van der Waals surface area contributed by atoms with Gasteiger partial charge >= 0.3 is 0 Å². The van der Waals surface area contributed by atoms with Gasteiger partial charge in [0.1, 0.15) is 19.0 Å². The van der Waals surface area contributed by atoms with Crippen molar-refractivity contribution in [1.82, 2.24) is 5.32 Å². The lowest BCUT2D eigenvalue weighted by Crippen LogP contribution is -2.27. The molecule has 138 valence electrons. The molecule has 1 amide bonds. The minimum absolute atomic E-state index is 0.0259.